The second-order valence-electron chi connectivity index (χ2n) is 3.42. The van der Waals surface area contributed by atoms with Crippen LogP contribution in [0.1, 0.15) is 5.56 Å². The molecule has 82 valence electrons. The average Bonchev–Trinajstić information content (AvgIpc) is 2.31. The van der Waals surface area contributed by atoms with E-state index in [0.29, 0.717) is 5.95 Å². The van der Waals surface area contributed by atoms with E-state index in [4.69, 9.17) is 0 Å². The van der Waals surface area contributed by atoms with Gasteiger partial charge in [-0.15, -0.1) is 0 Å². The summed E-state index contributed by atoms with van der Waals surface area (Å²) in [5.41, 5.74) is 1.14. The third-order valence-corrected chi connectivity index (χ3v) is 2.50. The maximum absolute atomic E-state index is 4.22. The van der Waals surface area contributed by atoms with Crippen molar-refractivity contribution in [2.45, 2.75) is 6.54 Å². The Kier molecular flexibility index (Phi) is 3.46. The van der Waals surface area contributed by atoms with Crippen molar-refractivity contribution in [2.24, 2.45) is 0 Å². The highest BCUT2D eigenvalue weighted by Gasteiger charge is 2.04. The standard InChI is InChI=1S/C11H11BrN4/c1-16(8-9-3-2-4-13-5-9)11-14-6-10(12)7-15-11/h2-7H,8H2,1H3. The molecule has 0 aliphatic carbocycles. The van der Waals surface area contributed by atoms with Crippen LogP contribution in [0.4, 0.5) is 5.95 Å². The summed E-state index contributed by atoms with van der Waals surface area (Å²) in [6, 6.07) is 3.95. The van der Waals surface area contributed by atoms with E-state index >= 15 is 0 Å². The highest BCUT2D eigenvalue weighted by Crippen LogP contribution is 2.11. The van der Waals surface area contributed by atoms with Crippen molar-refractivity contribution < 1.29 is 0 Å². The predicted molar refractivity (Wildman–Crippen MR) is 66.1 cm³/mol. The lowest BCUT2D eigenvalue weighted by atomic mass is 10.3. The van der Waals surface area contributed by atoms with Gasteiger partial charge in [-0.05, 0) is 27.6 Å². The van der Waals surface area contributed by atoms with E-state index in [9.17, 15) is 0 Å². The molecule has 0 spiro atoms. The first-order valence-corrected chi connectivity index (χ1v) is 5.62. The third kappa shape index (κ3) is 2.76. The van der Waals surface area contributed by atoms with Crippen LogP contribution in [0.2, 0.25) is 0 Å². The minimum Gasteiger partial charge on any atom is -0.340 e. The van der Waals surface area contributed by atoms with Crippen LogP contribution < -0.4 is 4.90 Å². The SMILES string of the molecule is CN(Cc1cccnc1)c1ncc(Br)cn1. The van der Waals surface area contributed by atoms with Crippen molar-refractivity contribution in [3.63, 3.8) is 0 Å². The van der Waals surface area contributed by atoms with E-state index in [-0.39, 0.29) is 0 Å². The predicted octanol–water partition coefficient (Wildman–Crippen LogP) is 2.27. The molecule has 0 aliphatic rings. The molecule has 0 aliphatic heterocycles. The van der Waals surface area contributed by atoms with Crippen LogP contribution in [-0.2, 0) is 6.54 Å². The smallest absolute Gasteiger partial charge is 0.225 e. The summed E-state index contributed by atoms with van der Waals surface area (Å²) in [5.74, 6) is 0.701. The first kappa shape index (κ1) is 11.0. The fourth-order valence-electron chi connectivity index (χ4n) is 1.34. The molecule has 2 heterocycles. The average molecular weight is 279 g/mol. The lowest BCUT2D eigenvalue weighted by Crippen LogP contribution is -2.18. The number of anilines is 1. The lowest BCUT2D eigenvalue weighted by molar-refractivity contribution is 0.860. The van der Waals surface area contributed by atoms with Gasteiger partial charge < -0.3 is 4.90 Å². The van der Waals surface area contributed by atoms with E-state index in [0.717, 1.165) is 16.6 Å². The van der Waals surface area contributed by atoms with Crippen LogP contribution in [0, 0.1) is 0 Å². The van der Waals surface area contributed by atoms with Crippen molar-refractivity contribution in [3.05, 3.63) is 47.0 Å². The first-order chi connectivity index (χ1) is 7.75. The quantitative estimate of drug-likeness (QED) is 0.864. The number of nitrogens with zero attached hydrogens (tertiary/aromatic N) is 4. The molecule has 0 saturated carbocycles. The molecule has 2 aromatic rings. The summed E-state index contributed by atoms with van der Waals surface area (Å²) >= 11 is 3.31. The highest BCUT2D eigenvalue weighted by molar-refractivity contribution is 9.10. The molecule has 0 radical (unpaired) electrons. The molecule has 0 amide bonds. The molecule has 2 aromatic heterocycles. The fourth-order valence-corrected chi connectivity index (χ4v) is 1.54. The maximum atomic E-state index is 4.22. The van der Waals surface area contributed by atoms with Crippen LogP contribution in [0.5, 0.6) is 0 Å². The summed E-state index contributed by atoms with van der Waals surface area (Å²) in [5, 5.41) is 0. The molecule has 0 N–H and O–H groups in total. The van der Waals surface area contributed by atoms with Gasteiger partial charge in [0.25, 0.3) is 0 Å². The number of halogens is 1. The van der Waals surface area contributed by atoms with Gasteiger partial charge in [-0.25, -0.2) is 9.97 Å². The normalized spacial score (nSPS) is 10.1. The number of aromatic nitrogens is 3. The third-order valence-electron chi connectivity index (χ3n) is 2.09. The zero-order valence-corrected chi connectivity index (χ0v) is 10.4. The van der Waals surface area contributed by atoms with Gasteiger partial charge in [0.05, 0.1) is 4.47 Å². The van der Waals surface area contributed by atoms with Crippen LogP contribution in [-0.4, -0.2) is 22.0 Å². The minimum absolute atomic E-state index is 0.701. The van der Waals surface area contributed by atoms with Crippen LogP contribution in [0.25, 0.3) is 0 Å². The molecule has 0 unspecified atom stereocenters. The van der Waals surface area contributed by atoms with Crippen molar-refractivity contribution in [1.29, 1.82) is 0 Å². The van der Waals surface area contributed by atoms with Crippen molar-refractivity contribution in [1.82, 2.24) is 15.0 Å². The molecule has 0 aromatic carbocycles. The number of pyridine rings is 1. The van der Waals surface area contributed by atoms with E-state index in [1.165, 1.54) is 0 Å². The van der Waals surface area contributed by atoms with Gasteiger partial charge >= 0.3 is 0 Å². The Labute approximate surface area is 103 Å². The number of hydrogen-bond donors (Lipinski definition) is 0. The molecule has 5 heteroatoms. The Bertz CT molecular complexity index is 443. The van der Waals surface area contributed by atoms with Gasteiger partial charge in [0.2, 0.25) is 5.95 Å². The number of hydrogen-bond acceptors (Lipinski definition) is 4. The zero-order valence-electron chi connectivity index (χ0n) is 8.84. The van der Waals surface area contributed by atoms with E-state index in [1.807, 2.05) is 30.3 Å². The molecular weight excluding hydrogens is 268 g/mol. The van der Waals surface area contributed by atoms with Crippen molar-refractivity contribution >= 4 is 21.9 Å². The maximum Gasteiger partial charge on any atom is 0.225 e. The molecule has 0 saturated heterocycles. The first-order valence-electron chi connectivity index (χ1n) is 4.83. The summed E-state index contributed by atoms with van der Waals surface area (Å²) in [7, 11) is 1.95. The summed E-state index contributed by atoms with van der Waals surface area (Å²) < 4.78 is 0.881. The summed E-state index contributed by atoms with van der Waals surface area (Å²) in [4.78, 5) is 14.5. The molecule has 16 heavy (non-hydrogen) atoms. The van der Waals surface area contributed by atoms with E-state index < -0.39 is 0 Å². The van der Waals surface area contributed by atoms with Gasteiger partial charge in [0.1, 0.15) is 0 Å². The summed E-state index contributed by atoms with van der Waals surface area (Å²) in [6.45, 7) is 0.746. The van der Waals surface area contributed by atoms with Crippen molar-refractivity contribution in [3.8, 4) is 0 Å². The summed E-state index contributed by atoms with van der Waals surface area (Å²) in [6.07, 6.45) is 7.08. The van der Waals surface area contributed by atoms with E-state index in [1.54, 1.807) is 18.6 Å². The molecule has 2 rings (SSSR count). The Hall–Kier alpha value is -1.49. The van der Waals surface area contributed by atoms with Gasteiger partial charge in [-0.3, -0.25) is 4.98 Å². The second kappa shape index (κ2) is 5.03. The Morgan fingerprint density at radius 1 is 1.25 bits per heavy atom. The Balaban J connectivity index is 2.09. The minimum atomic E-state index is 0.701. The van der Waals surface area contributed by atoms with Gasteiger partial charge in [-0.2, -0.15) is 0 Å². The van der Waals surface area contributed by atoms with Gasteiger partial charge in [0, 0.05) is 38.4 Å². The topological polar surface area (TPSA) is 41.9 Å². The van der Waals surface area contributed by atoms with Gasteiger partial charge in [0.15, 0.2) is 0 Å². The largest absolute Gasteiger partial charge is 0.340 e. The monoisotopic (exact) mass is 278 g/mol. The van der Waals surface area contributed by atoms with Gasteiger partial charge in [-0.1, -0.05) is 6.07 Å². The van der Waals surface area contributed by atoms with Crippen LogP contribution in [0.3, 0.4) is 0 Å². The van der Waals surface area contributed by atoms with Crippen LogP contribution in [0.15, 0.2) is 41.4 Å². The highest BCUT2D eigenvalue weighted by atomic mass is 79.9. The lowest BCUT2D eigenvalue weighted by Gasteiger charge is -2.16. The Morgan fingerprint density at radius 3 is 2.62 bits per heavy atom. The number of rotatable bonds is 3. The molecule has 0 atom stereocenters. The van der Waals surface area contributed by atoms with E-state index in [2.05, 4.69) is 30.9 Å². The molecule has 4 nitrogen and oxygen atoms in total. The second-order valence-corrected chi connectivity index (χ2v) is 4.33. The van der Waals surface area contributed by atoms with Crippen molar-refractivity contribution in [2.75, 3.05) is 11.9 Å². The fraction of sp³-hybridized carbons (Fsp3) is 0.182. The Morgan fingerprint density at radius 2 is 2.00 bits per heavy atom. The zero-order chi connectivity index (χ0) is 11.4. The molecular formula is C11H11BrN4. The molecule has 0 fully saturated rings. The van der Waals surface area contributed by atoms with Crippen LogP contribution >= 0.6 is 15.9 Å². The molecule has 0 bridgehead atoms.